The van der Waals surface area contributed by atoms with Crippen LogP contribution < -0.4 is 0 Å². The molecular weight excluding hydrogens is 218 g/mol. The predicted octanol–water partition coefficient (Wildman–Crippen LogP) is 1.32. The van der Waals surface area contributed by atoms with Crippen LogP contribution in [0.2, 0.25) is 5.15 Å². The second kappa shape index (κ2) is 3.51. The molecule has 2 rings (SSSR count). The first-order chi connectivity index (χ1) is 7.06. The van der Waals surface area contributed by atoms with E-state index < -0.39 is 5.97 Å². The number of carbonyl (C=O) groups is 1. The molecule has 0 atom stereocenters. The second-order valence-corrected chi connectivity index (χ2v) is 3.54. The number of rotatable bonds is 2. The van der Waals surface area contributed by atoms with Gasteiger partial charge in [0.2, 0.25) is 0 Å². The van der Waals surface area contributed by atoms with E-state index in [4.69, 9.17) is 16.7 Å². The van der Waals surface area contributed by atoms with Gasteiger partial charge in [-0.05, 0) is 6.92 Å². The molecule has 0 aliphatic heterocycles. The molecule has 0 radical (unpaired) electrons. The Labute approximate surface area is 90.3 Å². The standard InChI is InChI=1S/C9H8ClN3O2/c1-5-11-7(10)3-8-12-6(2-9(14)15)4-13(5)8/h3-4H,2H2,1H3,(H,14,15). The lowest BCUT2D eigenvalue weighted by atomic mass is 10.3. The van der Waals surface area contributed by atoms with Crippen molar-refractivity contribution in [3.63, 3.8) is 0 Å². The van der Waals surface area contributed by atoms with Crippen LogP contribution in [0.4, 0.5) is 0 Å². The second-order valence-electron chi connectivity index (χ2n) is 3.16. The van der Waals surface area contributed by atoms with Crippen molar-refractivity contribution < 1.29 is 9.90 Å². The Bertz CT molecular complexity index is 535. The molecule has 1 N–H and O–H groups in total. The normalized spacial score (nSPS) is 10.8. The molecule has 5 nitrogen and oxygen atoms in total. The topological polar surface area (TPSA) is 67.5 Å². The molecule has 0 aromatic carbocycles. The van der Waals surface area contributed by atoms with Gasteiger partial charge in [-0.25, -0.2) is 9.97 Å². The summed E-state index contributed by atoms with van der Waals surface area (Å²) in [6.45, 7) is 1.78. The van der Waals surface area contributed by atoms with E-state index in [1.54, 1.807) is 23.6 Å². The van der Waals surface area contributed by atoms with Crippen molar-refractivity contribution >= 4 is 23.2 Å². The molecule has 0 amide bonds. The summed E-state index contributed by atoms with van der Waals surface area (Å²) in [7, 11) is 0. The molecule has 0 bridgehead atoms. The predicted molar refractivity (Wildman–Crippen MR) is 54.1 cm³/mol. The average molecular weight is 226 g/mol. The van der Waals surface area contributed by atoms with E-state index in [-0.39, 0.29) is 6.42 Å². The van der Waals surface area contributed by atoms with Gasteiger partial charge in [0.1, 0.15) is 16.6 Å². The third-order valence-corrected chi connectivity index (χ3v) is 2.17. The summed E-state index contributed by atoms with van der Waals surface area (Å²) in [6.07, 6.45) is 1.56. The smallest absolute Gasteiger partial charge is 0.309 e. The lowest BCUT2D eigenvalue weighted by molar-refractivity contribution is -0.136. The summed E-state index contributed by atoms with van der Waals surface area (Å²) in [6, 6.07) is 1.60. The number of halogens is 1. The van der Waals surface area contributed by atoms with Crippen molar-refractivity contribution in [1.82, 2.24) is 14.4 Å². The molecule has 0 unspecified atom stereocenters. The van der Waals surface area contributed by atoms with Gasteiger partial charge < -0.3 is 5.11 Å². The average Bonchev–Trinajstić information content (AvgIpc) is 2.45. The van der Waals surface area contributed by atoms with Gasteiger partial charge in [0, 0.05) is 12.3 Å². The molecule has 2 aromatic rings. The molecule has 0 spiro atoms. The number of nitrogens with zero attached hydrogens (tertiary/aromatic N) is 3. The fourth-order valence-electron chi connectivity index (χ4n) is 1.39. The summed E-state index contributed by atoms with van der Waals surface area (Å²) in [4.78, 5) is 18.7. The highest BCUT2D eigenvalue weighted by Gasteiger charge is 2.08. The van der Waals surface area contributed by atoms with Crippen LogP contribution in [0.15, 0.2) is 12.3 Å². The maximum absolute atomic E-state index is 10.5. The summed E-state index contributed by atoms with van der Waals surface area (Å²) in [5.74, 6) is -0.225. The minimum absolute atomic E-state index is 0.0985. The Kier molecular flexibility index (Phi) is 2.32. The lowest BCUT2D eigenvalue weighted by Gasteiger charge is -1.97. The number of carboxylic acids is 1. The number of aliphatic carboxylic acids is 1. The first-order valence-corrected chi connectivity index (χ1v) is 4.67. The van der Waals surface area contributed by atoms with Gasteiger partial charge in [0.05, 0.1) is 12.1 Å². The number of aryl methyl sites for hydroxylation is 1. The van der Waals surface area contributed by atoms with E-state index >= 15 is 0 Å². The Morgan fingerprint density at radius 1 is 1.60 bits per heavy atom. The minimum Gasteiger partial charge on any atom is -0.481 e. The van der Waals surface area contributed by atoms with E-state index in [0.29, 0.717) is 22.3 Å². The van der Waals surface area contributed by atoms with Crippen molar-refractivity contribution in [3.8, 4) is 0 Å². The largest absolute Gasteiger partial charge is 0.481 e. The van der Waals surface area contributed by atoms with Gasteiger partial charge >= 0.3 is 5.97 Å². The Hall–Kier alpha value is -1.62. The van der Waals surface area contributed by atoms with Crippen molar-refractivity contribution in [2.45, 2.75) is 13.3 Å². The molecule has 0 aliphatic rings. The van der Waals surface area contributed by atoms with Crippen molar-refractivity contribution in [3.05, 3.63) is 28.9 Å². The number of imidazole rings is 1. The van der Waals surface area contributed by atoms with Gasteiger partial charge in [-0.2, -0.15) is 0 Å². The van der Waals surface area contributed by atoms with E-state index in [2.05, 4.69) is 9.97 Å². The zero-order valence-electron chi connectivity index (χ0n) is 7.94. The molecule has 0 fully saturated rings. The molecule has 15 heavy (non-hydrogen) atoms. The number of fused-ring (bicyclic) bond motifs is 1. The summed E-state index contributed by atoms with van der Waals surface area (Å²) in [5, 5.41) is 8.98. The van der Waals surface area contributed by atoms with E-state index in [0.717, 1.165) is 0 Å². The summed E-state index contributed by atoms with van der Waals surface area (Å²) in [5.41, 5.74) is 1.11. The molecule has 2 heterocycles. The van der Waals surface area contributed by atoms with Gasteiger partial charge in [-0.3, -0.25) is 9.20 Å². The highest BCUT2D eigenvalue weighted by Crippen LogP contribution is 2.12. The third kappa shape index (κ3) is 1.92. The first-order valence-electron chi connectivity index (χ1n) is 4.29. The van der Waals surface area contributed by atoms with E-state index in [1.165, 1.54) is 0 Å². The fourth-order valence-corrected chi connectivity index (χ4v) is 1.61. The monoisotopic (exact) mass is 225 g/mol. The highest BCUT2D eigenvalue weighted by atomic mass is 35.5. The van der Waals surface area contributed by atoms with E-state index in [9.17, 15) is 4.79 Å². The Morgan fingerprint density at radius 3 is 3.00 bits per heavy atom. The van der Waals surface area contributed by atoms with Crippen LogP contribution in [0.25, 0.3) is 5.65 Å². The van der Waals surface area contributed by atoms with Crippen LogP contribution in [0.1, 0.15) is 11.5 Å². The van der Waals surface area contributed by atoms with Gasteiger partial charge in [0.15, 0.2) is 0 Å². The highest BCUT2D eigenvalue weighted by molar-refractivity contribution is 6.29. The van der Waals surface area contributed by atoms with Crippen LogP contribution in [-0.2, 0) is 11.2 Å². The zero-order chi connectivity index (χ0) is 11.0. The number of hydrogen-bond donors (Lipinski definition) is 1. The lowest BCUT2D eigenvalue weighted by Crippen LogP contribution is -1.99. The van der Waals surface area contributed by atoms with Crippen LogP contribution in [0, 0.1) is 6.92 Å². The molecule has 0 saturated carbocycles. The van der Waals surface area contributed by atoms with E-state index in [1.807, 2.05) is 0 Å². The maximum atomic E-state index is 10.5. The Morgan fingerprint density at radius 2 is 2.33 bits per heavy atom. The molecule has 2 aromatic heterocycles. The number of carboxylic acid groups (broad SMARTS) is 1. The molecule has 78 valence electrons. The SMILES string of the molecule is Cc1nc(Cl)cc2nc(CC(=O)O)cn12. The molecule has 0 saturated heterocycles. The van der Waals surface area contributed by atoms with Crippen molar-refractivity contribution in [1.29, 1.82) is 0 Å². The van der Waals surface area contributed by atoms with Crippen LogP contribution in [0.5, 0.6) is 0 Å². The fraction of sp³-hybridized carbons (Fsp3) is 0.222. The number of hydrogen-bond acceptors (Lipinski definition) is 3. The maximum Gasteiger partial charge on any atom is 0.309 e. The zero-order valence-corrected chi connectivity index (χ0v) is 8.69. The van der Waals surface area contributed by atoms with Crippen molar-refractivity contribution in [2.24, 2.45) is 0 Å². The summed E-state index contributed by atoms with van der Waals surface area (Å²) >= 11 is 5.76. The van der Waals surface area contributed by atoms with Gasteiger partial charge in [0.25, 0.3) is 0 Å². The van der Waals surface area contributed by atoms with Gasteiger partial charge in [-0.1, -0.05) is 11.6 Å². The molecule has 6 heteroatoms. The third-order valence-electron chi connectivity index (χ3n) is 1.98. The first kappa shape index (κ1) is 9.92. The molecule has 0 aliphatic carbocycles. The quantitative estimate of drug-likeness (QED) is 0.783. The molecular formula is C9H8ClN3O2. The van der Waals surface area contributed by atoms with Crippen LogP contribution in [-0.4, -0.2) is 25.4 Å². The van der Waals surface area contributed by atoms with Crippen LogP contribution >= 0.6 is 11.6 Å². The summed E-state index contributed by atoms with van der Waals surface area (Å²) < 4.78 is 1.71. The minimum atomic E-state index is -0.907. The van der Waals surface area contributed by atoms with Crippen LogP contribution in [0.3, 0.4) is 0 Å². The Balaban J connectivity index is 2.55. The number of aromatic nitrogens is 3. The van der Waals surface area contributed by atoms with Crippen molar-refractivity contribution in [2.75, 3.05) is 0 Å². The van der Waals surface area contributed by atoms with Gasteiger partial charge in [-0.15, -0.1) is 0 Å².